The zero-order valence-corrected chi connectivity index (χ0v) is 12.4. The van der Waals surface area contributed by atoms with Crippen LogP contribution >= 0.6 is 0 Å². The van der Waals surface area contributed by atoms with E-state index in [0.29, 0.717) is 6.04 Å². The molecule has 0 aromatic carbocycles. The molecular formula is C14H24N4O2. The Kier molecular flexibility index (Phi) is 4.65. The van der Waals surface area contributed by atoms with Crippen LogP contribution in [0.5, 0.6) is 0 Å². The summed E-state index contributed by atoms with van der Waals surface area (Å²) < 4.78 is 5.23. The molecule has 1 aromatic rings. The van der Waals surface area contributed by atoms with Crippen LogP contribution in [-0.4, -0.2) is 40.3 Å². The number of H-pyrrole nitrogens is 1. The first-order chi connectivity index (χ1) is 9.42. The van der Waals surface area contributed by atoms with E-state index in [0.717, 1.165) is 31.5 Å². The third-order valence-electron chi connectivity index (χ3n) is 3.24. The molecular weight excluding hydrogens is 256 g/mol. The lowest BCUT2D eigenvalue weighted by Gasteiger charge is -2.36. The Balaban J connectivity index is 1.55. The number of alkyl carbamates (subject to hydrolysis) is 1. The van der Waals surface area contributed by atoms with Crippen molar-refractivity contribution in [2.45, 2.75) is 57.7 Å². The zero-order chi connectivity index (χ0) is 14.6. The molecule has 1 aliphatic carbocycles. The summed E-state index contributed by atoms with van der Waals surface area (Å²) >= 11 is 0. The summed E-state index contributed by atoms with van der Waals surface area (Å²) in [6.07, 6.45) is 6.08. The van der Waals surface area contributed by atoms with E-state index < -0.39 is 5.60 Å². The molecule has 0 spiro atoms. The van der Waals surface area contributed by atoms with Crippen LogP contribution in [-0.2, 0) is 11.2 Å². The largest absolute Gasteiger partial charge is 0.444 e. The summed E-state index contributed by atoms with van der Waals surface area (Å²) in [6, 6.07) is 0.715. The summed E-state index contributed by atoms with van der Waals surface area (Å²) in [5.74, 6) is 0. The molecule has 1 heterocycles. The number of hydrogen-bond donors (Lipinski definition) is 3. The maximum atomic E-state index is 11.6. The molecule has 0 aliphatic heterocycles. The predicted molar refractivity (Wildman–Crippen MR) is 76.5 cm³/mol. The molecule has 1 saturated carbocycles. The average molecular weight is 280 g/mol. The van der Waals surface area contributed by atoms with Crippen molar-refractivity contribution in [3.63, 3.8) is 0 Å². The van der Waals surface area contributed by atoms with Crippen LogP contribution in [0, 0.1) is 0 Å². The maximum Gasteiger partial charge on any atom is 0.407 e. The lowest BCUT2D eigenvalue weighted by Crippen LogP contribution is -2.53. The van der Waals surface area contributed by atoms with E-state index in [9.17, 15) is 4.79 Å². The van der Waals surface area contributed by atoms with Crippen molar-refractivity contribution in [2.75, 3.05) is 6.54 Å². The number of carbonyl (C=O) groups excluding carboxylic acids is 1. The molecule has 0 radical (unpaired) electrons. The second kappa shape index (κ2) is 6.26. The van der Waals surface area contributed by atoms with Crippen LogP contribution in [0.3, 0.4) is 0 Å². The molecule has 2 rings (SSSR count). The monoisotopic (exact) mass is 280 g/mol. The van der Waals surface area contributed by atoms with Crippen molar-refractivity contribution in [3.8, 4) is 0 Å². The van der Waals surface area contributed by atoms with Gasteiger partial charge in [-0.05, 0) is 33.6 Å². The van der Waals surface area contributed by atoms with Crippen molar-refractivity contribution in [1.82, 2.24) is 20.6 Å². The Morgan fingerprint density at radius 1 is 1.45 bits per heavy atom. The smallest absolute Gasteiger partial charge is 0.407 e. The van der Waals surface area contributed by atoms with Gasteiger partial charge in [-0.2, -0.15) is 0 Å². The van der Waals surface area contributed by atoms with E-state index in [1.54, 1.807) is 6.33 Å². The molecule has 6 heteroatoms. The molecule has 20 heavy (non-hydrogen) atoms. The van der Waals surface area contributed by atoms with Crippen LogP contribution in [0.25, 0.3) is 0 Å². The van der Waals surface area contributed by atoms with E-state index in [1.165, 1.54) is 0 Å². The Bertz CT molecular complexity index is 419. The second-order valence-electron chi connectivity index (χ2n) is 6.29. The average Bonchev–Trinajstić information content (AvgIpc) is 2.75. The summed E-state index contributed by atoms with van der Waals surface area (Å²) in [7, 11) is 0. The highest BCUT2D eigenvalue weighted by atomic mass is 16.6. The lowest BCUT2D eigenvalue weighted by atomic mass is 9.87. The first kappa shape index (κ1) is 14.8. The van der Waals surface area contributed by atoms with Crippen LogP contribution < -0.4 is 10.6 Å². The van der Waals surface area contributed by atoms with Gasteiger partial charge in [0.15, 0.2) is 0 Å². The first-order valence-electron chi connectivity index (χ1n) is 7.12. The van der Waals surface area contributed by atoms with Crippen molar-refractivity contribution in [3.05, 3.63) is 18.2 Å². The summed E-state index contributed by atoms with van der Waals surface area (Å²) in [5, 5.41) is 6.36. The minimum atomic E-state index is -0.435. The minimum Gasteiger partial charge on any atom is -0.444 e. The molecule has 1 aromatic heterocycles. The number of nitrogens with one attached hydrogen (secondary N) is 3. The minimum absolute atomic E-state index is 0.231. The van der Waals surface area contributed by atoms with Gasteiger partial charge in [0.05, 0.1) is 6.33 Å². The molecule has 6 nitrogen and oxygen atoms in total. The van der Waals surface area contributed by atoms with Crippen LogP contribution in [0.2, 0.25) is 0 Å². The van der Waals surface area contributed by atoms with Gasteiger partial charge in [0.25, 0.3) is 0 Å². The summed E-state index contributed by atoms with van der Waals surface area (Å²) in [4.78, 5) is 18.6. The first-order valence-corrected chi connectivity index (χ1v) is 7.12. The number of ether oxygens (including phenoxy) is 1. The van der Waals surface area contributed by atoms with Gasteiger partial charge in [0.2, 0.25) is 0 Å². The highest BCUT2D eigenvalue weighted by Gasteiger charge is 2.31. The number of amides is 1. The topological polar surface area (TPSA) is 79.0 Å². The van der Waals surface area contributed by atoms with Crippen LogP contribution in [0.4, 0.5) is 4.79 Å². The SMILES string of the molecule is CC(C)(C)OC(=O)NC1CC(NCCc2cnc[nH]2)C1. The summed E-state index contributed by atoms with van der Waals surface area (Å²) in [5.41, 5.74) is 0.704. The van der Waals surface area contributed by atoms with E-state index >= 15 is 0 Å². The molecule has 0 atom stereocenters. The van der Waals surface area contributed by atoms with Crippen LogP contribution in [0.15, 0.2) is 12.5 Å². The molecule has 1 amide bonds. The number of nitrogens with zero attached hydrogens (tertiary/aromatic N) is 1. The predicted octanol–water partition coefficient (Wildman–Crippen LogP) is 1.60. The number of imidazole rings is 1. The molecule has 0 unspecified atom stereocenters. The fourth-order valence-electron chi connectivity index (χ4n) is 2.21. The van der Waals surface area contributed by atoms with Gasteiger partial charge in [-0.1, -0.05) is 0 Å². The van der Waals surface area contributed by atoms with E-state index in [4.69, 9.17) is 4.74 Å². The number of aromatic nitrogens is 2. The number of hydrogen-bond acceptors (Lipinski definition) is 4. The highest BCUT2D eigenvalue weighted by molar-refractivity contribution is 5.68. The molecule has 0 saturated heterocycles. The Labute approximate surface area is 119 Å². The quantitative estimate of drug-likeness (QED) is 0.765. The van der Waals surface area contributed by atoms with Crippen molar-refractivity contribution >= 4 is 6.09 Å². The van der Waals surface area contributed by atoms with Crippen molar-refractivity contribution in [2.24, 2.45) is 0 Å². The number of carbonyl (C=O) groups is 1. The zero-order valence-electron chi connectivity index (χ0n) is 12.4. The normalized spacial score (nSPS) is 22.1. The molecule has 0 bridgehead atoms. The maximum absolute atomic E-state index is 11.6. The Morgan fingerprint density at radius 2 is 2.20 bits per heavy atom. The molecule has 1 aliphatic rings. The van der Waals surface area contributed by atoms with Gasteiger partial charge in [-0.3, -0.25) is 0 Å². The van der Waals surface area contributed by atoms with Gasteiger partial charge in [-0.25, -0.2) is 9.78 Å². The van der Waals surface area contributed by atoms with Gasteiger partial charge >= 0.3 is 6.09 Å². The fourth-order valence-corrected chi connectivity index (χ4v) is 2.21. The Morgan fingerprint density at radius 3 is 2.80 bits per heavy atom. The fraction of sp³-hybridized carbons (Fsp3) is 0.714. The van der Waals surface area contributed by atoms with Gasteiger partial charge in [0.1, 0.15) is 5.60 Å². The summed E-state index contributed by atoms with van der Waals surface area (Å²) in [6.45, 7) is 6.53. The molecule has 3 N–H and O–H groups in total. The number of aromatic amines is 1. The lowest BCUT2D eigenvalue weighted by molar-refractivity contribution is 0.0465. The third kappa shape index (κ3) is 4.85. The van der Waals surface area contributed by atoms with Gasteiger partial charge in [0, 0.05) is 36.9 Å². The molecule has 112 valence electrons. The van der Waals surface area contributed by atoms with Gasteiger partial charge < -0.3 is 20.4 Å². The third-order valence-corrected chi connectivity index (χ3v) is 3.24. The standard InChI is InChI=1S/C14H24N4O2/c1-14(2,3)20-13(19)18-12-6-11(7-12)16-5-4-10-8-15-9-17-10/h8-9,11-12,16H,4-7H2,1-3H3,(H,15,17)(H,18,19). The second-order valence-corrected chi connectivity index (χ2v) is 6.29. The molecule has 1 fully saturated rings. The van der Waals surface area contributed by atoms with Crippen LogP contribution in [0.1, 0.15) is 39.3 Å². The van der Waals surface area contributed by atoms with Gasteiger partial charge in [-0.15, -0.1) is 0 Å². The van der Waals surface area contributed by atoms with Crippen molar-refractivity contribution in [1.29, 1.82) is 0 Å². The van der Waals surface area contributed by atoms with E-state index in [2.05, 4.69) is 20.6 Å². The van der Waals surface area contributed by atoms with Crippen molar-refractivity contribution < 1.29 is 9.53 Å². The van der Waals surface area contributed by atoms with E-state index in [1.807, 2.05) is 27.0 Å². The Hall–Kier alpha value is -1.56. The van der Waals surface area contributed by atoms with E-state index in [-0.39, 0.29) is 12.1 Å². The number of rotatable bonds is 5. The highest BCUT2D eigenvalue weighted by Crippen LogP contribution is 2.20.